The van der Waals surface area contributed by atoms with Crippen molar-refractivity contribution < 1.29 is 19.4 Å². The summed E-state index contributed by atoms with van der Waals surface area (Å²) >= 11 is -0.0658. The van der Waals surface area contributed by atoms with Gasteiger partial charge in [0.1, 0.15) is 0 Å². The topological polar surface area (TPSA) is 55.8 Å². The van der Waals surface area contributed by atoms with E-state index in [9.17, 15) is 9.90 Å². The summed E-state index contributed by atoms with van der Waals surface area (Å²) in [4.78, 5) is 11.6. The first-order chi connectivity index (χ1) is 12.2. The molecule has 0 spiro atoms. The van der Waals surface area contributed by atoms with Crippen molar-refractivity contribution in [3.8, 4) is 0 Å². The number of hydrogen-bond donors (Lipinski definition) is 1. The Kier molecular flexibility index (Phi) is 8.16. The van der Waals surface area contributed by atoms with Crippen LogP contribution in [0.3, 0.4) is 0 Å². The van der Waals surface area contributed by atoms with E-state index in [-0.39, 0.29) is 38.3 Å². The van der Waals surface area contributed by atoms with E-state index in [2.05, 4.69) is 0 Å². The van der Waals surface area contributed by atoms with Gasteiger partial charge in [-0.2, -0.15) is 0 Å². The van der Waals surface area contributed by atoms with Crippen LogP contribution in [0.15, 0.2) is 60.7 Å². The van der Waals surface area contributed by atoms with Gasteiger partial charge < -0.3 is 0 Å². The predicted molar refractivity (Wildman–Crippen MR) is 99.0 cm³/mol. The summed E-state index contributed by atoms with van der Waals surface area (Å²) in [7, 11) is 1.64. The summed E-state index contributed by atoms with van der Waals surface area (Å²) in [5, 5.41) is 10.8. The van der Waals surface area contributed by atoms with E-state index in [0.717, 1.165) is 10.0 Å². The van der Waals surface area contributed by atoms with Crippen LogP contribution in [0, 0.1) is 0 Å². The zero-order chi connectivity index (χ0) is 18.1. The Hall–Kier alpha value is -1.65. The van der Waals surface area contributed by atoms with Gasteiger partial charge in [-0.3, -0.25) is 0 Å². The normalized spacial score (nSPS) is 14.5. The van der Waals surface area contributed by atoms with Crippen molar-refractivity contribution in [1.82, 2.24) is 0 Å². The van der Waals surface area contributed by atoms with Crippen LogP contribution in [-0.2, 0) is 14.3 Å². The first kappa shape index (κ1) is 19.7. The Morgan fingerprint density at radius 3 is 2.24 bits per heavy atom. The number of aliphatic hydroxyl groups is 1. The Morgan fingerprint density at radius 2 is 1.68 bits per heavy atom. The minimum atomic E-state index is -0.829. The molecule has 0 heterocycles. The fourth-order valence-corrected chi connectivity index (χ4v) is 5.28. The SMILES string of the molecule is CCOC(=O)C[C@@H](O)[C@@H]([Se]c1ccccc1)[C@@H](OC)c1ccccc1. The molecule has 3 atom stereocenters. The molecule has 0 aliphatic heterocycles. The van der Waals surface area contributed by atoms with Crippen LogP contribution in [0.4, 0.5) is 0 Å². The zero-order valence-corrected chi connectivity index (χ0v) is 16.2. The minimum absolute atomic E-state index is 0.0280. The molecule has 0 unspecified atom stereocenters. The van der Waals surface area contributed by atoms with Crippen LogP contribution in [0.25, 0.3) is 0 Å². The summed E-state index contributed by atoms with van der Waals surface area (Å²) in [6.45, 7) is 2.07. The van der Waals surface area contributed by atoms with E-state index >= 15 is 0 Å². The van der Waals surface area contributed by atoms with Gasteiger partial charge in [-0.25, -0.2) is 0 Å². The molecule has 5 heteroatoms. The number of rotatable bonds is 9. The second-order valence-corrected chi connectivity index (χ2v) is 8.16. The predicted octanol–water partition coefficient (Wildman–Crippen LogP) is 2.51. The third kappa shape index (κ3) is 5.98. The molecule has 134 valence electrons. The van der Waals surface area contributed by atoms with Crippen molar-refractivity contribution in [2.45, 2.75) is 30.4 Å². The number of benzene rings is 2. The molecule has 0 saturated carbocycles. The Balaban J connectivity index is 2.25. The first-order valence-electron chi connectivity index (χ1n) is 8.28. The van der Waals surface area contributed by atoms with E-state index in [4.69, 9.17) is 9.47 Å². The van der Waals surface area contributed by atoms with Gasteiger partial charge in [0.15, 0.2) is 0 Å². The van der Waals surface area contributed by atoms with E-state index in [1.54, 1.807) is 14.0 Å². The number of esters is 1. The van der Waals surface area contributed by atoms with Crippen LogP contribution < -0.4 is 4.46 Å². The van der Waals surface area contributed by atoms with Crippen LogP contribution in [-0.4, -0.2) is 45.9 Å². The van der Waals surface area contributed by atoms with Crippen LogP contribution in [0.5, 0.6) is 0 Å². The number of aliphatic hydroxyl groups excluding tert-OH is 1. The summed E-state index contributed by atoms with van der Waals surface area (Å²) in [6.07, 6.45) is -1.14. The Morgan fingerprint density at radius 1 is 1.08 bits per heavy atom. The molecule has 0 radical (unpaired) electrons. The quantitative estimate of drug-likeness (QED) is 0.513. The van der Waals surface area contributed by atoms with Crippen LogP contribution in [0.2, 0.25) is 4.82 Å². The maximum atomic E-state index is 11.8. The van der Waals surface area contributed by atoms with Crippen molar-refractivity contribution in [2.24, 2.45) is 0 Å². The van der Waals surface area contributed by atoms with E-state index in [1.807, 2.05) is 60.7 Å². The molecule has 4 nitrogen and oxygen atoms in total. The molecule has 0 fully saturated rings. The standard InChI is InChI=1S/C20H24O4Se/c1-3-24-18(22)14-17(21)20(25-16-12-8-5-9-13-16)19(23-2)15-10-6-4-7-11-15/h4-13,17,19-21H,3,14H2,1-2H3/t17-,19+,20-/m1/s1. The molecule has 2 aromatic rings. The molecule has 0 saturated heterocycles. The zero-order valence-electron chi connectivity index (χ0n) is 14.5. The third-order valence-electron chi connectivity index (χ3n) is 3.76. The molecule has 25 heavy (non-hydrogen) atoms. The van der Waals surface area contributed by atoms with Crippen molar-refractivity contribution in [2.75, 3.05) is 13.7 Å². The van der Waals surface area contributed by atoms with Gasteiger partial charge in [0.25, 0.3) is 0 Å². The second kappa shape index (κ2) is 10.4. The van der Waals surface area contributed by atoms with E-state index in [0.29, 0.717) is 6.61 Å². The summed E-state index contributed by atoms with van der Waals surface area (Å²) in [5.74, 6) is -0.383. The molecule has 2 rings (SSSR count). The summed E-state index contributed by atoms with van der Waals surface area (Å²) in [5.41, 5.74) is 0.996. The number of ether oxygens (including phenoxy) is 2. The molecule has 2 aromatic carbocycles. The number of hydrogen-bond acceptors (Lipinski definition) is 4. The van der Waals surface area contributed by atoms with Crippen molar-refractivity contribution in [3.63, 3.8) is 0 Å². The number of methoxy groups -OCH3 is 1. The number of carbonyl (C=O) groups excluding carboxylic acids is 1. The molecule has 0 amide bonds. The Bertz CT molecular complexity index is 633. The Labute approximate surface area is 155 Å². The monoisotopic (exact) mass is 408 g/mol. The van der Waals surface area contributed by atoms with Gasteiger partial charge >= 0.3 is 155 Å². The van der Waals surface area contributed by atoms with Crippen LogP contribution >= 0.6 is 0 Å². The molecular formula is C20H24O4Se. The fourth-order valence-electron chi connectivity index (χ4n) is 2.61. The first-order valence-corrected chi connectivity index (χ1v) is 10.1. The molecule has 1 N–H and O–H groups in total. The molecule has 0 aliphatic rings. The van der Waals surface area contributed by atoms with Gasteiger partial charge in [-0.1, -0.05) is 0 Å². The van der Waals surface area contributed by atoms with Gasteiger partial charge in [0, 0.05) is 0 Å². The van der Waals surface area contributed by atoms with Gasteiger partial charge in [0.05, 0.1) is 0 Å². The maximum absolute atomic E-state index is 11.8. The fraction of sp³-hybridized carbons (Fsp3) is 0.350. The summed E-state index contributed by atoms with van der Waals surface area (Å²) in [6, 6.07) is 19.8. The molecule has 0 bridgehead atoms. The number of carbonyl (C=O) groups is 1. The van der Waals surface area contributed by atoms with E-state index in [1.165, 1.54) is 0 Å². The van der Waals surface area contributed by atoms with Gasteiger partial charge in [-0.05, 0) is 0 Å². The van der Waals surface area contributed by atoms with Crippen molar-refractivity contribution in [3.05, 3.63) is 66.2 Å². The van der Waals surface area contributed by atoms with E-state index < -0.39 is 6.10 Å². The summed E-state index contributed by atoms with van der Waals surface area (Å²) < 4.78 is 11.9. The van der Waals surface area contributed by atoms with Gasteiger partial charge in [-0.15, -0.1) is 0 Å². The average Bonchev–Trinajstić information content (AvgIpc) is 2.63. The molecule has 0 aliphatic carbocycles. The molecule has 0 aromatic heterocycles. The van der Waals surface area contributed by atoms with Crippen molar-refractivity contribution in [1.29, 1.82) is 0 Å². The third-order valence-corrected chi connectivity index (χ3v) is 6.65. The van der Waals surface area contributed by atoms with Crippen LogP contribution in [0.1, 0.15) is 25.0 Å². The average molecular weight is 407 g/mol. The molecular weight excluding hydrogens is 383 g/mol. The second-order valence-electron chi connectivity index (χ2n) is 5.54. The van der Waals surface area contributed by atoms with Crippen molar-refractivity contribution >= 4 is 25.4 Å². The van der Waals surface area contributed by atoms with Gasteiger partial charge in [0.2, 0.25) is 0 Å².